The molecule has 2 aromatic rings. The van der Waals surface area contributed by atoms with Crippen LogP contribution < -0.4 is 16.8 Å². The molecular formula is C14H16N4O. The van der Waals surface area contributed by atoms with Crippen LogP contribution in [0, 0.1) is 13.8 Å². The van der Waals surface area contributed by atoms with Gasteiger partial charge in [-0.25, -0.2) is 4.98 Å². The molecule has 98 valence electrons. The maximum atomic E-state index is 11.2. The van der Waals surface area contributed by atoms with Crippen molar-refractivity contribution in [3.05, 3.63) is 47.2 Å². The van der Waals surface area contributed by atoms with E-state index in [1.54, 1.807) is 6.07 Å². The van der Waals surface area contributed by atoms with Gasteiger partial charge in [0.25, 0.3) is 5.91 Å². The number of nitrogen functional groups attached to an aromatic ring is 1. The third kappa shape index (κ3) is 2.82. The second-order valence-electron chi connectivity index (χ2n) is 4.46. The van der Waals surface area contributed by atoms with E-state index in [2.05, 4.69) is 16.4 Å². The first-order valence-corrected chi connectivity index (χ1v) is 5.87. The summed E-state index contributed by atoms with van der Waals surface area (Å²) in [7, 11) is 0. The Morgan fingerprint density at radius 3 is 2.63 bits per heavy atom. The minimum absolute atomic E-state index is 0.266. The Hall–Kier alpha value is -2.56. The molecule has 0 spiro atoms. The van der Waals surface area contributed by atoms with E-state index < -0.39 is 5.91 Å². The number of aromatic nitrogens is 1. The van der Waals surface area contributed by atoms with E-state index in [0.717, 1.165) is 11.3 Å². The molecule has 1 aromatic carbocycles. The molecule has 0 aliphatic heterocycles. The SMILES string of the molecule is Cc1ccc(Nc2cc(C(N)=O)c(N)cn2)c(C)c1. The summed E-state index contributed by atoms with van der Waals surface area (Å²) in [5, 5.41) is 3.15. The molecular weight excluding hydrogens is 240 g/mol. The molecule has 2 rings (SSSR count). The van der Waals surface area contributed by atoms with Gasteiger partial charge < -0.3 is 16.8 Å². The van der Waals surface area contributed by atoms with Crippen molar-refractivity contribution in [2.45, 2.75) is 13.8 Å². The Kier molecular flexibility index (Phi) is 3.37. The van der Waals surface area contributed by atoms with Crippen LogP contribution in [0.1, 0.15) is 21.5 Å². The minimum atomic E-state index is -0.566. The lowest BCUT2D eigenvalue weighted by Gasteiger charge is -2.11. The van der Waals surface area contributed by atoms with E-state index in [9.17, 15) is 4.79 Å². The van der Waals surface area contributed by atoms with Crippen LogP contribution in [0.25, 0.3) is 0 Å². The second-order valence-corrected chi connectivity index (χ2v) is 4.46. The summed E-state index contributed by atoms with van der Waals surface area (Å²) in [6.45, 7) is 4.03. The third-order valence-corrected chi connectivity index (χ3v) is 2.84. The molecule has 0 bridgehead atoms. The minimum Gasteiger partial charge on any atom is -0.397 e. The predicted octanol–water partition coefficient (Wildman–Crippen LogP) is 2.12. The highest BCUT2D eigenvalue weighted by atomic mass is 16.1. The number of nitrogens with zero attached hydrogens (tertiary/aromatic N) is 1. The summed E-state index contributed by atoms with van der Waals surface area (Å²) in [4.78, 5) is 15.4. The monoisotopic (exact) mass is 256 g/mol. The van der Waals surface area contributed by atoms with Crippen molar-refractivity contribution in [2.75, 3.05) is 11.1 Å². The van der Waals surface area contributed by atoms with Gasteiger partial charge in [0.05, 0.1) is 17.4 Å². The molecule has 0 aliphatic carbocycles. The van der Waals surface area contributed by atoms with Gasteiger partial charge in [-0.1, -0.05) is 17.7 Å². The number of carbonyl (C=O) groups excluding carboxylic acids is 1. The summed E-state index contributed by atoms with van der Waals surface area (Å²) in [6, 6.07) is 7.58. The molecule has 0 saturated heterocycles. The number of hydrogen-bond acceptors (Lipinski definition) is 4. The molecule has 1 amide bonds. The number of primary amides is 1. The fourth-order valence-electron chi connectivity index (χ4n) is 1.84. The van der Waals surface area contributed by atoms with Crippen molar-refractivity contribution in [2.24, 2.45) is 5.73 Å². The van der Waals surface area contributed by atoms with E-state index in [-0.39, 0.29) is 11.3 Å². The fourth-order valence-corrected chi connectivity index (χ4v) is 1.84. The van der Waals surface area contributed by atoms with Crippen molar-refractivity contribution in [3.8, 4) is 0 Å². The Morgan fingerprint density at radius 2 is 2.00 bits per heavy atom. The number of rotatable bonds is 3. The highest BCUT2D eigenvalue weighted by Crippen LogP contribution is 2.22. The topological polar surface area (TPSA) is 94.0 Å². The summed E-state index contributed by atoms with van der Waals surface area (Å²) in [6.07, 6.45) is 1.42. The molecule has 5 heteroatoms. The van der Waals surface area contributed by atoms with Gasteiger partial charge in [-0.2, -0.15) is 0 Å². The number of amides is 1. The molecule has 1 aromatic heterocycles. The Balaban J connectivity index is 2.33. The molecule has 0 atom stereocenters. The Morgan fingerprint density at radius 1 is 1.26 bits per heavy atom. The molecule has 19 heavy (non-hydrogen) atoms. The summed E-state index contributed by atoms with van der Waals surface area (Å²) in [5.41, 5.74) is 14.6. The molecule has 0 aliphatic rings. The largest absolute Gasteiger partial charge is 0.397 e. The van der Waals surface area contributed by atoms with Crippen LogP contribution in [-0.2, 0) is 0 Å². The van der Waals surface area contributed by atoms with Gasteiger partial charge in [-0.05, 0) is 31.5 Å². The maximum absolute atomic E-state index is 11.2. The van der Waals surface area contributed by atoms with Crippen LogP contribution >= 0.6 is 0 Å². The smallest absolute Gasteiger partial charge is 0.250 e. The molecule has 0 unspecified atom stereocenters. The maximum Gasteiger partial charge on any atom is 0.250 e. The lowest BCUT2D eigenvalue weighted by atomic mass is 10.1. The van der Waals surface area contributed by atoms with Crippen molar-refractivity contribution in [1.82, 2.24) is 4.98 Å². The molecule has 1 heterocycles. The van der Waals surface area contributed by atoms with Crippen molar-refractivity contribution in [1.29, 1.82) is 0 Å². The zero-order valence-corrected chi connectivity index (χ0v) is 10.9. The van der Waals surface area contributed by atoms with E-state index in [1.807, 2.05) is 26.0 Å². The van der Waals surface area contributed by atoms with Gasteiger partial charge in [0, 0.05) is 5.69 Å². The number of nitrogens with two attached hydrogens (primary N) is 2. The molecule has 0 radical (unpaired) electrons. The van der Waals surface area contributed by atoms with E-state index in [1.165, 1.54) is 11.8 Å². The van der Waals surface area contributed by atoms with Crippen molar-refractivity contribution in [3.63, 3.8) is 0 Å². The number of aryl methyl sites for hydroxylation is 2. The van der Waals surface area contributed by atoms with Crippen LogP contribution in [0.15, 0.2) is 30.5 Å². The van der Waals surface area contributed by atoms with Gasteiger partial charge in [0.2, 0.25) is 0 Å². The number of carbonyl (C=O) groups is 1. The lowest BCUT2D eigenvalue weighted by molar-refractivity contribution is 0.100. The van der Waals surface area contributed by atoms with Crippen LogP contribution in [0.5, 0.6) is 0 Å². The second kappa shape index (κ2) is 4.97. The average molecular weight is 256 g/mol. The molecule has 5 N–H and O–H groups in total. The zero-order chi connectivity index (χ0) is 14.0. The number of nitrogens with one attached hydrogen (secondary N) is 1. The standard InChI is InChI=1S/C14H16N4O/c1-8-3-4-12(9(2)5-8)18-13-6-10(14(16)19)11(15)7-17-13/h3-7H,15H2,1-2H3,(H2,16,19)(H,17,18). The van der Waals surface area contributed by atoms with Crippen LogP contribution in [0.2, 0.25) is 0 Å². The normalized spacial score (nSPS) is 10.2. The van der Waals surface area contributed by atoms with Gasteiger partial charge in [-0.3, -0.25) is 4.79 Å². The third-order valence-electron chi connectivity index (χ3n) is 2.84. The van der Waals surface area contributed by atoms with Crippen molar-refractivity contribution >= 4 is 23.1 Å². The van der Waals surface area contributed by atoms with E-state index in [0.29, 0.717) is 5.82 Å². The fraction of sp³-hybridized carbons (Fsp3) is 0.143. The van der Waals surface area contributed by atoms with Crippen molar-refractivity contribution < 1.29 is 4.79 Å². The first-order chi connectivity index (χ1) is 8.97. The molecule has 0 saturated carbocycles. The van der Waals surface area contributed by atoms with E-state index >= 15 is 0 Å². The highest BCUT2D eigenvalue weighted by molar-refractivity contribution is 5.98. The van der Waals surface area contributed by atoms with Gasteiger partial charge in [0.1, 0.15) is 5.82 Å². The molecule has 0 fully saturated rings. The van der Waals surface area contributed by atoms with Gasteiger partial charge in [-0.15, -0.1) is 0 Å². The summed E-state index contributed by atoms with van der Waals surface area (Å²) in [5.74, 6) is -0.0291. The first kappa shape index (κ1) is 12.9. The van der Waals surface area contributed by atoms with E-state index in [4.69, 9.17) is 11.5 Å². The van der Waals surface area contributed by atoms with Crippen LogP contribution in [-0.4, -0.2) is 10.9 Å². The summed E-state index contributed by atoms with van der Waals surface area (Å²) >= 11 is 0. The number of benzene rings is 1. The lowest BCUT2D eigenvalue weighted by Crippen LogP contribution is -2.14. The Labute approximate surface area is 111 Å². The van der Waals surface area contributed by atoms with Gasteiger partial charge in [0.15, 0.2) is 0 Å². The number of anilines is 3. The average Bonchev–Trinajstić information content (AvgIpc) is 2.34. The van der Waals surface area contributed by atoms with Crippen LogP contribution in [0.3, 0.4) is 0 Å². The van der Waals surface area contributed by atoms with Gasteiger partial charge >= 0.3 is 0 Å². The first-order valence-electron chi connectivity index (χ1n) is 5.87. The summed E-state index contributed by atoms with van der Waals surface area (Å²) < 4.78 is 0. The highest BCUT2D eigenvalue weighted by Gasteiger charge is 2.08. The predicted molar refractivity (Wildman–Crippen MR) is 76.4 cm³/mol. The quantitative estimate of drug-likeness (QED) is 0.784. The number of pyridine rings is 1. The molecule has 5 nitrogen and oxygen atoms in total. The number of hydrogen-bond donors (Lipinski definition) is 3. The zero-order valence-electron chi connectivity index (χ0n) is 10.9. The Bertz CT molecular complexity index is 637. The van der Waals surface area contributed by atoms with Crippen LogP contribution in [0.4, 0.5) is 17.2 Å².